The summed E-state index contributed by atoms with van der Waals surface area (Å²) in [6, 6.07) is 7.72. The first-order chi connectivity index (χ1) is 13.4. The third kappa shape index (κ3) is 3.08. The first-order valence-electron chi connectivity index (χ1n) is 9.55. The molecule has 0 unspecified atom stereocenters. The first kappa shape index (κ1) is 18.3. The van der Waals surface area contributed by atoms with E-state index in [9.17, 15) is 9.90 Å². The van der Waals surface area contributed by atoms with Crippen molar-refractivity contribution in [2.45, 2.75) is 37.8 Å². The topological polar surface area (TPSA) is 84.4 Å². The zero-order chi connectivity index (χ0) is 19.9. The second-order valence-corrected chi connectivity index (χ2v) is 7.51. The molecule has 6 nitrogen and oxygen atoms in total. The predicted molar refractivity (Wildman–Crippen MR) is 107 cm³/mol. The van der Waals surface area contributed by atoms with E-state index in [-0.39, 0.29) is 0 Å². The van der Waals surface area contributed by atoms with Crippen LogP contribution in [0.15, 0.2) is 36.5 Å². The molecule has 28 heavy (non-hydrogen) atoms. The van der Waals surface area contributed by atoms with Gasteiger partial charge in [0.25, 0.3) is 5.91 Å². The molecule has 1 aromatic carbocycles. The second-order valence-electron chi connectivity index (χ2n) is 7.51. The summed E-state index contributed by atoms with van der Waals surface area (Å²) in [5, 5.41) is 10.7. The summed E-state index contributed by atoms with van der Waals surface area (Å²) in [6.45, 7) is 5.45. The van der Waals surface area contributed by atoms with Gasteiger partial charge in [-0.15, -0.1) is 0 Å². The van der Waals surface area contributed by atoms with Gasteiger partial charge in [0.1, 0.15) is 0 Å². The summed E-state index contributed by atoms with van der Waals surface area (Å²) in [5.41, 5.74) is 8.51. The highest BCUT2D eigenvalue weighted by atomic mass is 16.3. The molecule has 0 aliphatic carbocycles. The van der Waals surface area contributed by atoms with Crippen LogP contribution in [0.3, 0.4) is 0 Å². The molecule has 1 aromatic heterocycles. The van der Waals surface area contributed by atoms with Crippen molar-refractivity contribution >= 4 is 5.91 Å². The van der Waals surface area contributed by atoms with Gasteiger partial charge in [0.15, 0.2) is 11.4 Å². The van der Waals surface area contributed by atoms with Crippen LogP contribution in [0.5, 0.6) is 0 Å². The van der Waals surface area contributed by atoms with E-state index in [4.69, 9.17) is 5.73 Å². The van der Waals surface area contributed by atoms with Gasteiger partial charge in [-0.25, -0.2) is 4.98 Å². The van der Waals surface area contributed by atoms with Crippen molar-refractivity contribution in [2.24, 2.45) is 5.73 Å². The second kappa shape index (κ2) is 6.84. The lowest BCUT2D eigenvalue weighted by Crippen LogP contribution is -2.26. The number of aliphatic hydroxyl groups is 1. The molecule has 2 aromatic rings. The number of imidazole rings is 1. The third-order valence-electron chi connectivity index (χ3n) is 5.64. The van der Waals surface area contributed by atoms with Crippen LogP contribution in [-0.4, -0.2) is 44.7 Å². The fraction of sp³-hybridized carbons (Fsp3) is 0.364. The van der Waals surface area contributed by atoms with E-state index in [0.29, 0.717) is 17.9 Å². The largest absolute Gasteiger partial charge is 0.375 e. The average molecular weight is 376 g/mol. The van der Waals surface area contributed by atoms with Crippen LogP contribution >= 0.6 is 0 Å². The Bertz CT molecular complexity index is 1030. The summed E-state index contributed by atoms with van der Waals surface area (Å²) in [5.74, 6) is 5.88. The van der Waals surface area contributed by atoms with E-state index in [1.807, 2.05) is 40.8 Å². The van der Waals surface area contributed by atoms with Gasteiger partial charge >= 0.3 is 0 Å². The average Bonchev–Trinajstić information content (AvgIpc) is 3.21. The summed E-state index contributed by atoms with van der Waals surface area (Å²) in [4.78, 5) is 18.3. The maximum atomic E-state index is 11.8. The highest BCUT2D eigenvalue weighted by Crippen LogP contribution is 2.31. The van der Waals surface area contributed by atoms with E-state index in [0.717, 1.165) is 54.9 Å². The van der Waals surface area contributed by atoms with E-state index >= 15 is 0 Å². The number of hydrogen-bond acceptors (Lipinski definition) is 4. The van der Waals surface area contributed by atoms with E-state index in [1.165, 1.54) is 0 Å². The number of carbonyl (C=O) groups excluding carboxylic acids is 1. The number of benzene rings is 1. The number of likely N-dealkylation sites (N-methyl/N-ethyl adjacent to an activating group) is 1. The summed E-state index contributed by atoms with van der Waals surface area (Å²) < 4.78 is 1.95. The number of amides is 1. The van der Waals surface area contributed by atoms with Crippen LogP contribution in [0.2, 0.25) is 0 Å². The lowest BCUT2D eigenvalue weighted by molar-refractivity contribution is 0.0985. The zero-order valence-corrected chi connectivity index (χ0v) is 16.0. The summed E-state index contributed by atoms with van der Waals surface area (Å²) in [6.07, 6.45) is 3.51. The lowest BCUT2D eigenvalue weighted by atomic mass is 9.99. The molecular weight excluding hydrogens is 352 g/mol. The highest BCUT2D eigenvalue weighted by Gasteiger charge is 2.36. The summed E-state index contributed by atoms with van der Waals surface area (Å²) >= 11 is 0. The van der Waals surface area contributed by atoms with E-state index in [2.05, 4.69) is 23.4 Å². The van der Waals surface area contributed by atoms with Gasteiger partial charge in [-0.05, 0) is 31.4 Å². The number of fused-ring (bicyclic) bond motifs is 1. The van der Waals surface area contributed by atoms with Crippen molar-refractivity contribution in [3.05, 3.63) is 53.6 Å². The minimum Gasteiger partial charge on any atom is -0.375 e. The van der Waals surface area contributed by atoms with Crippen molar-refractivity contribution < 1.29 is 9.90 Å². The van der Waals surface area contributed by atoms with Gasteiger partial charge < -0.3 is 20.3 Å². The Morgan fingerprint density at radius 1 is 1.36 bits per heavy atom. The molecule has 1 amide bonds. The molecule has 1 fully saturated rings. The van der Waals surface area contributed by atoms with Gasteiger partial charge in [0.05, 0.1) is 11.4 Å². The highest BCUT2D eigenvalue weighted by molar-refractivity contribution is 5.90. The minimum absolute atomic E-state index is 0.320. The molecule has 0 bridgehead atoms. The maximum Gasteiger partial charge on any atom is 0.284 e. The van der Waals surface area contributed by atoms with Gasteiger partial charge in [-0.3, -0.25) is 4.79 Å². The molecule has 6 heteroatoms. The van der Waals surface area contributed by atoms with Gasteiger partial charge in [-0.1, -0.05) is 30.6 Å². The van der Waals surface area contributed by atoms with E-state index < -0.39 is 11.5 Å². The molecule has 2 aliphatic heterocycles. The Morgan fingerprint density at radius 3 is 2.89 bits per heavy atom. The van der Waals surface area contributed by atoms with Crippen LogP contribution in [0.25, 0.3) is 11.3 Å². The SMILES string of the molecule is C=C1N(C)CC[C@@]1(O)C#Cc1cccc(-c2nc(C(N)=O)n3c2CCCC3)c1. The predicted octanol–water partition coefficient (Wildman–Crippen LogP) is 1.92. The number of primary amides is 1. The third-order valence-corrected chi connectivity index (χ3v) is 5.64. The minimum atomic E-state index is -1.18. The van der Waals surface area contributed by atoms with Gasteiger partial charge in [-0.2, -0.15) is 0 Å². The van der Waals surface area contributed by atoms with Crippen LogP contribution in [0.1, 0.15) is 41.1 Å². The fourth-order valence-electron chi connectivity index (χ4n) is 3.94. The molecule has 1 atom stereocenters. The molecule has 0 saturated carbocycles. The molecule has 4 rings (SSSR count). The van der Waals surface area contributed by atoms with Crippen molar-refractivity contribution in [1.29, 1.82) is 0 Å². The molecule has 1 saturated heterocycles. The van der Waals surface area contributed by atoms with Crippen LogP contribution in [0, 0.1) is 11.8 Å². The van der Waals surface area contributed by atoms with Crippen molar-refractivity contribution in [3.8, 4) is 23.1 Å². The number of aromatic nitrogens is 2. The quantitative estimate of drug-likeness (QED) is 0.785. The van der Waals surface area contributed by atoms with Gasteiger partial charge in [0, 0.05) is 43.4 Å². The molecule has 3 N–H and O–H groups in total. The number of rotatable bonds is 2. The van der Waals surface area contributed by atoms with Crippen molar-refractivity contribution in [2.75, 3.05) is 13.6 Å². The Kier molecular flexibility index (Phi) is 4.48. The zero-order valence-electron chi connectivity index (χ0n) is 16.0. The molecular formula is C22H24N4O2. The number of hydrogen-bond donors (Lipinski definition) is 2. The van der Waals surface area contributed by atoms with Crippen LogP contribution < -0.4 is 5.73 Å². The number of nitrogens with zero attached hydrogens (tertiary/aromatic N) is 3. The monoisotopic (exact) mass is 376 g/mol. The van der Waals surface area contributed by atoms with E-state index in [1.54, 1.807) is 0 Å². The maximum absolute atomic E-state index is 11.8. The lowest BCUT2D eigenvalue weighted by Gasteiger charge is -2.19. The molecule has 0 radical (unpaired) electrons. The Labute approximate surface area is 164 Å². The standard InChI is InChI=1S/C22H24N4O2/c1-15-22(28,11-13-25(15)2)10-9-16-6-5-7-17(14-16)19-18-8-3-4-12-26(18)21(24-19)20(23)27/h5-7,14,28H,1,3-4,8,11-13H2,2H3,(H2,23,27)/t22-/m0/s1. The first-order valence-corrected chi connectivity index (χ1v) is 9.55. The Hall–Kier alpha value is -3.04. The van der Waals surface area contributed by atoms with Crippen LogP contribution in [-0.2, 0) is 13.0 Å². The van der Waals surface area contributed by atoms with Gasteiger partial charge in [0.2, 0.25) is 0 Å². The number of carbonyl (C=O) groups is 1. The van der Waals surface area contributed by atoms with Crippen molar-refractivity contribution in [1.82, 2.24) is 14.5 Å². The van der Waals surface area contributed by atoms with Crippen molar-refractivity contribution in [3.63, 3.8) is 0 Å². The number of likely N-dealkylation sites (tertiary alicyclic amines) is 1. The Morgan fingerprint density at radius 2 is 2.18 bits per heavy atom. The molecule has 144 valence electrons. The smallest absolute Gasteiger partial charge is 0.284 e. The molecule has 3 heterocycles. The molecule has 0 spiro atoms. The normalized spacial score (nSPS) is 21.2. The fourth-order valence-corrected chi connectivity index (χ4v) is 3.94. The molecule has 2 aliphatic rings. The summed E-state index contributed by atoms with van der Waals surface area (Å²) in [7, 11) is 1.90. The Balaban J connectivity index is 1.71. The van der Waals surface area contributed by atoms with Crippen LogP contribution in [0.4, 0.5) is 0 Å². The number of nitrogens with two attached hydrogens (primary N) is 1.